The Labute approximate surface area is 74.1 Å². The fourth-order valence-electron chi connectivity index (χ4n) is 0.921. The Kier molecular flexibility index (Phi) is 2.99. The van der Waals surface area contributed by atoms with Gasteiger partial charge in [0.05, 0.1) is 12.1 Å². The first-order valence-electron chi connectivity index (χ1n) is 3.75. The molecule has 72 valence electrons. The molecule has 0 aromatic carbocycles. The molecule has 0 amide bonds. The summed E-state index contributed by atoms with van der Waals surface area (Å²) < 4.78 is 4.82. The first-order valence-corrected chi connectivity index (χ1v) is 3.75. The van der Waals surface area contributed by atoms with E-state index in [-0.39, 0.29) is 12.5 Å². The molecule has 0 saturated heterocycles. The van der Waals surface area contributed by atoms with Crippen molar-refractivity contribution in [3.8, 4) is 0 Å². The van der Waals surface area contributed by atoms with Crippen LogP contribution in [0, 0.1) is 10.1 Å². The third-order valence-corrected chi connectivity index (χ3v) is 1.60. The molecule has 3 N–H and O–H groups in total. The molecule has 1 aromatic rings. The van der Waals surface area contributed by atoms with E-state index in [0.29, 0.717) is 12.2 Å². The fraction of sp³-hybridized carbons (Fsp3) is 0.429. The van der Waals surface area contributed by atoms with Crippen molar-refractivity contribution in [2.24, 2.45) is 5.73 Å². The number of aliphatic hydroxyl groups is 1. The summed E-state index contributed by atoms with van der Waals surface area (Å²) >= 11 is 0. The average Bonchev–Trinajstić information content (AvgIpc) is 2.52. The maximum Gasteiger partial charge on any atom is 0.433 e. The van der Waals surface area contributed by atoms with Crippen molar-refractivity contribution in [3.63, 3.8) is 0 Å². The van der Waals surface area contributed by atoms with Gasteiger partial charge < -0.3 is 15.3 Å². The lowest BCUT2D eigenvalue weighted by Gasteiger charge is -2.03. The van der Waals surface area contributed by atoms with Gasteiger partial charge in [-0.05, 0) is 12.5 Å². The molecule has 0 aliphatic heterocycles. The molecule has 0 aliphatic rings. The number of furan rings is 1. The minimum Gasteiger partial charge on any atom is -0.404 e. The van der Waals surface area contributed by atoms with Crippen LogP contribution in [-0.4, -0.2) is 16.6 Å². The van der Waals surface area contributed by atoms with Crippen LogP contribution in [-0.2, 0) is 0 Å². The third-order valence-electron chi connectivity index (χ3n) is 1.60. The SMILES string of the molecule is N[C@H](CCO)c1ccc([N+](=O)[O-])o1. The highest BCUT2D eigenvalue weighted by Gasteiger charge is 2.15. The van der Waals surface area contributed by atoms with Gasteiger partial charge in [0.2, 0.25) is 0 Å². The highest BCUT2D eigenvalue weighted by Crippen LogP contribution is 2.21. The van der Waals surface area contributed by atoms with Crippen LogP contribution in [0.5, 0.6) is 0 Å². The predicted octanol–water partition coefficient (Wildman–Crippen LogP) is 0.570. The lowest BCUT2D eigenvalue weighted by atomic mass is 10.2. The molecule has 0 spiro atoms. The van der Waals surface area contributed by atoms with E-state index in [1.165, 1.54) is 12.1 Å². The highest BCUT2D eigenvalue weighted by molar-refractivity contribution is 5.19. The first-order chi connectivity index (χ1) is 6.15. The number of rotatable bonds is 4. The quantitative estimate of drug-likeness (QED) is 0.528. The van der Waals surface area contributed by atoms with Gasteiger partial charge in [0.25, 0.3) is 0 Å². The number of hydrogen-bond donors (Lipinski definition) is 2. The molecule has 0 radical (unpaired) electrons. The molecule has 1 aromatic heterocycles. The zero-order valence-corrected chi connectivity index (χ0v) is 6.84. The summed E-state index contributed by atoms with van der Waals surface area (Å²) in [5.41, 5.74) is 5.54. The predicted molar refractivity (Wildman–Crippen MR) is 44.0 cm³/mol. The van der Waals surface area contributed by atoms with Crippen LogP contribution in [0.25, 0.3) is 0 Å². The summed E-state index contributed by atoms with van der Waals surface area (Å²) in [6.45, 7) is -0.0737. The van der Waals surface area contributed by atoms with E-state index >= 15 is 0 Å². The Morgan fingerprint density at radius 1 is 1.69 bits per heavy atom. The average molecular weight is 186 g/mol. The minimum absolute atomic E-state index is 0.0737. The Morgan fingerprint density at radius 2 is 2.38 bits per heavy atom. The first kappa shape index (κ1) is 9.69. The van der Waals surface area contributed by atoms with E-state index in [1.807, 2.05) is 0 Å². The molecule has 0 bridgehead atoms. The highest BCUT2D eigenvalue weighted by atomic mass is 16.6. The number of nitrogens with zero attached hydrogens (tertiary/aromatic N) is 1. The summed E-state index contributed by atoms with van der Waals surface area (Å²) in [6.07, 6.45) is 0.324. The summed E-state index contributed by atoms with van der Waals surface area (Å²) in [5.74, 6) is -0.0101. The Morgan fingerprint density at radius 3 is 2.85 bits per heavy atom. The molecule has 0 saturated carbocycles. The van der Waals surface area contributed by atoms with Gasteiger partial charge in [0.1, 0.15) is 10.7 Å². The second-order valence-electron chi connectivity index (χ2n) is 2.55. The molecule has 1 atom stereocenters. The van der Waals surface area contributed by atoms with Gasteiger partial charge in [-0.3, -0.25) is 10.1 Å². The van der Waals surface area contributed by atoms with Crippen molar-refractivity contribution in [1.29, 1.82) is 0 Å². The van der Waals surface area contributed by atoms with E-state index in [2.05, 4.69) is 0 Å². The molecule has 13 heavy (non-hydrogen) atoms. The standard InChI is InChI=1S/C7H10N2O4/c8-5(3-4-10)6-1-2-7(13-6)9(11)12/h1-2,5,10H,3-4,8H2/t5-/m1/s1. The van der Waals surface area contributed by atoms with Crippen LogP contribution in [0.1, 0.15) is 18.2 Å². The molecule has 0 fully saturated rings. The van der Waals surface area contributed by atoms with E-state index in [9.17, 15) is 10.1 Å². The van der Waals surface area contributed by atoms with Crippen molar-refractivity contribution in [3.05, 3.63) is 28.0 Å². The molecule has 1 heterocycles. The number of nitro groups is 1. The van der Waals surface area contributed by atoms with Crippen molar-refractivity contribution in [1.82, 2.24) is 0 Å². The molecule has 0 aliphatic carbocycles. The minimum atomic E-state index is -0.630. The molecular formula is C7H10N2O4. The van der Waals surface area contributed by atoms with E-state index < -0.39 is 11.0 Å². The summed E-state index contributed by atoms with van der Waals surface area (Å²) in [5, 5.41) is 18.8. The van der Waals surface area contributed by atoms with Crippen LogP contribution in [0.15, 0.2) is 16.5 Å². The second-order valence-corrected chi connectivity index (χ2v) is 2.55. The number of aliphatic hydroxyl groups excluding tert-OH is 1. The van der Waals surface area contributed by atoms with Gasteiger partial charge in [-0.1, -0.05) is 0 Å². The largest absolute Gasteiger partial charge is 0.433 e. The van der Waals surface area contributed by atoms with Crippen molar-refractivity contribution >= 4 is 5.88 Å². The summed E-state index contributed by atoms with van der Waals surface area (Å²) in [6, 6.07) is 2.20. The van der Waals surface area contributed by atoms with Gasteiger partial charge in [-0.2, -0.15) is 0 Å². The van der Waals surface area contributed by atoms with E-state index in [1.54, 1.807) is 0 Å². The molecule has 0 unspecified atom stereocenters. The van der Waals surface area contributed by atoms with Crippen molar-refractivity contribution in [2.45, 2.75) is 12.5 Å². The van der Waals surface area contributed by atoms with Crippen LogP contribution >= 0.6 is 0 Å². The normalized spacial score (nSPS) is 12.8. The van der Waals surface area contributed by atoms with Crippen molar-refractivity contribution < 1.29 is 14.4 Å². The number of nitrogens with two attached hydrogens (primary N) is 1. The topological polar surface area (TPSA) is 103 Å². The molecule has 6 nitrogen and oxygen atoms in total. The van der Waals surface area contributed by atoms with Crippen LogP contribution in [0.2, 0.25) is 0 Å². The lowest BCUT2D eigenvalue weighted by molar-refractivity contribution is -0.402. The Bertz CT molecular complexity index is 296. The van der Waals surface area contributed by atoms with Gasteiger partial charge in [-0.25, -0.2) is 0 Å². The maximum atomic E-state index is 10.2. The number of hydrogen-bond acceptors (Lipinski definition) is 5. The molecular weight excluding hydrogens is 176 g/mol. The second kappa shape index (κ2) is 4.01. The van der Waals surface area contributed by atoms with Crippen LogP contribution in [0.3, 0.4) is 0 Å². The monoisotopic (exact) mass is 186 g/mol. The zero-order valence-electron chi connectivity index (χ0n) is 6.84. The van der Waals surface area contributed by atoms with E-state index in [4.69, 9.17) is 15.3 Å². The Balaban J connectivity index is 2.73. The van der Waals surface area contributed by atoms with Gasteiger partial charge >= 0.3 is 5.88 Å². The molecule has 6 heteroatoms. The van der Waals surface area contributed by atoms with Gasteiger partial charge in [0, 0.05) is 6.61 Å². The third kappa shape index (κ3) is 2.27. The molecule has 1 rings (SSSR count). The van der Waals surface area contributed by atoms with Crippen molar-refractivity contribution in [2.75, 3.05) is 6.61 Å². The fourth-order valence-corrected chi connectivity index (χ4v) is 0.921. The smallest absolute Gasteiger partial charge is 0.404 e. The maximum absolute atomic E-state index is 10.2. The summed E-state index contributed by atoms with van der Waals surface area (Å²) in [4.78, 5) is 9.59. The van der Waals surface area contributed by atoms with Gasteiger partial charge in [0.15, 0.2) is 0 Å². The lowest BCUT2D eigenvalue weighted by Crippen LogP contribution is -2.10. The Hall–Kier alpha value is -1.40. The van der Waals surface area contributed by atoms with E-state index in [0.717, 1.165) is 0 Å². The van der Waals surface area contributed by atoms with Crippen LogP contribution < -0.4 is 5.73 Å². The zero-order chi connectivity index (χ0) is 9.84. The van der Waals surface area contributed by atoms with Crippen LogP contribution in [0.4, 0.5) is 5.88 Å². The van der Waals surface area contributed by atoms with Gasteiger partial charge in [-0.15, -0.1) is 0 Å². The summed E-state index contributed by atoms with van der Waals surface area (Å²) in [7, 11) is 0.